The van der Waals surface area contributed by atoms with Crippen molar-refractivity contribution in [1.82, 2.24) is 9.97 Å². The van der Waals surface area contributed by atoms with E-state index in [-0.39, 0.29) is 0 Å². The minimum Gasteiger partial charge on any atom is -0.231 e. The summed E-state index contributed by atoms with van der Waals surface area (Å²) in [4.78, 5) is 11.6. The van der Waals surface area contributed by atoms with E-state index < -0.39 is 0 Å². The van der Waals surface area contributed by atoms with Gasteiger partial charge in [0.25, 0.3) is 0 Å². The zero-order chi connectivity index (χ0) is 12.9. The third kappa shape index (κ3) is 2.22. The summed E-state index contributed by atoms with van der Waals surface area (Å²) in [6.07, 6.45) is 2.40. The molecule has 0 spiro atoms. The van der Waals surface area contributed by atoms with Gasteiger partial charge in [-0.3, -0.25) is 0 Å². The van der Waals surface area contributed by atoms with Gasteiger partial charge in [-0.15, -0.1) is 11.3 Å². The predicted octanol–water partition coefficient (Wildman–Crippen LogP) is 5.12. The Morgan fingerprint density at radius 3 is 2.61 bits per heavy atom. The molecule has 0 atom stereocenters. The van der Waals surface area contributed by atoms with Crippen LogP contribution < -0.4 is 0 Å². The van der Waals surface area contributed by atoms with Gasteiger partial charge in [0.1, 0.15) is 5.15 Å². The highest BCUT2D eigenvalue weighted by Gasteiger charge is 2.29. The molecule has 1 aliphatic rings. The monoisotopic (exact) mass is 342 g/mol. The number of hydrogen-bond acceptors (Lipinski definition) is 3. The number of aryl methyl sites for hydroxylation is 2. The summed E-state index contributed by atoms with van der Waals surface area (Å²) in [7, 11) is 0. The average Bonchev–Trinajstić information content (AvgIpc) is 3.08. The third-order valence-corrected chi connectivity index (χ3v) is 5.33. The Morgan fingerprint density at radius 1 is 1.33 bits per heavy atom. The van der Waals surface area contributed by atoms with Crippen LogP contribution >= 0.6 is 38.9 Å². The Labute approximate surface area is 124 Å². The fraction of sp³-hybridized carbons (Fsp3) is 0.385. The van der Waals surface area contributed by atoms with Crippen molar-refractivity contribution in [2.75, 3.05) is 0 Å². The van der Waals surface area contributed by atoms with Gasteiger partial charge in [0.15, 0.2) is 5.82 Å². The van der Waals surface area contributed by atoms with Crippen LogP contribution in [-0.2, 0) is 0 Å². The number of hydrogen-bond donors (Lipinski definition) is 0. The molecular weight excluding hydrogens is 332 g/mol. The first-order valence-electron chi connectivity index (χ1n) is 5.86. The van der Waals surface area contributed by atoms with Crippen molar-refractivity contribution in [2.24, 2.45) is 0 Å². The molecule has 0 radical (unpaired) electrons. The first kappa shape index (κ1) is 12.6. The zero-order valence-electron chi connectivity index (χ0n) is 10.1. The zero-order valence-corrected chi connectivity index (χ0v) is 13.3. The van der Waals surface area contributed by atoms with E-state index in [1.807, 2.05) is 0 Å². The quantitative estimate of drug-likeness (QED) is 0.708. The summed E-state index contributed by atoms with van der Waals surface area (Å²) < 4.78 is 0.861. The Bertz CT molecular complexity index is 620. The lowest BCUT2D eigenvalue weighted by atomic mass is 10.2. The lowest BCUT2D eigenvalue weighted by Gasteiger charge is -2.07. The molecule has 0 N–H and O–H groups in total. The summed E-state index contributed by atoms with van der Waals surface area (Å²) in [6, 6.07) is 2.14. The lowest BCUT2D eigenvalue weighted by Crippen LogP contribution is -1.97. The highest BCUT2D eigenvalue weighted by Crippen LogP contribution is 2.44. The van der Waals surface area contributed by atoms with E-state index in [0.29, 0.717) is 11.1 Å². The number of halogens is 2. The largest absolute Gasteiger partial charge is 0.231 e. The Kier molecular flexibility index (Phi) is 3.20. The van der Waals surface area contributed by atoms with Crippen molar-refractivity contribution in [1.29, 1.82) is 0 Å². The number of rotatable bonds is 2. The summed E-state index contributed by atoms with van der Waals surface area (Å²) in [6.45, 7) is 4.20. The molecular formula is C13H12BrClN2S. The molecule has 2 nitrogen and oxygen atoms in total. The molecule has 0 bridgehead atoms. The van der Waals surface area contributed by atoms with Crippen LogP contribution in [0.15, 0.2) is 10.5 Å². The SMILES string of the molecule is Cc1cc(-c2nc(Cl)c(Br)c(C3CC3)n2)c(C)s1. The number of nitrogens with zero attached hydrogens (tertiary/aromatic N) is 2. The highest BCUT2D eigenvalue weighted by molar-refractivity contribution is 9.10. The Hall–Kier alpha value is -0.450. The minimum atomic E-state index is 0.519. The Morgan fingerprint density at radius 2 is 2.06 bits per heavy atom. The summed E-state index contributed by atoms with van der Waals surface area (Å²) in [5, 5.41) is 0.519. The molecule has 2 aromatic heterocycles. The highest BCUT2D eigenvalue weighted by atomic mass is 79.9. The summed E-state index contributed by atoms with van der Waals surface area (Å²) in [5.74, 6) is 1.31. The van der Waals surface area contributed by atoms with Crippen LogP contribution in [0.2, 0.25) is 5.15 Å². The topological polar surface area (TPSA) is 25.8 Å². The van der Waals surface area contributed by atoms with Gasteiger partial charge in [-0.2, -0.15) is 0 Å². The van der Waals surface area contributed by atoms with Gasteiger partial charge < -0.3 is 0 Å². The molecule has 0 aliphatic heterocycles. The third-order valence-electron chi connectivity index (χ3n) is 3.08. The molecule has 3 rings (SSSR count). The van der Waals surface area contributed by atoms with Gasteiger partial charge in [-0.25, -0.2) is 9.97 Å². The molecule has 1 aliphatic carbocycles. The Balaban J connectivity index is 2.15. The van der Waals surface area contributed by atoms with Gasteiger partial charge >= 0.3 is 0 Å². The van der Waals surface area contributed by atoms with E-state index in [4.69, 9.17) is 16.6 Å². The van der Waals surface area contributed by atoms with Crippen LogP contribution in [0.1, 0.15) is 34.2 Å². The van der Waals surface area contributed by atoms with E-state index in [2.05, 4.69) is 40.8 Å². The second kappa shape index (κ2) is 4.58. The molecule has 5 heteroatoms. The van der Waals surface area contributed by atoms with Crippen LogP contribution in [-0.4, -0.2) is 9.97 Å². The van der Waals surface area contributed by atoms with E-state index in [1.165, 1.54) is 22.6 Å². The smallest absolute Gasteiger partial charge is 0.162 e. The summed E-state index contributed by atoms with van der Waals surface area (Å²) in [5.41, 5.74) is 2.17. The van der Waals surface area contributed by atoms with E-state index >= 15 is 0 Å². The van der Waals surface area contributed by atoms with Crippen LogP contribution in [0.5, 0.6) is 0 Å². The average molecular weight is 344 g/mol. The molecule has 1 saturated carbocycles. The number of thiophene rings is 1. The maximum Gasteiger partial charge on any atom is 0.162 e. The molecule has 0 amide bonds. The van der Waals surface area contributed by atoms with Gasteiger partial charge in [-0.05, 0) is 48.7 Å². The number of aromatic nitrogens is 2. The molecule has 2 aromatic rings. The standard InChI is InChI=1S/C13H12BrClN2S/c1-6-5-9(7(2)18-6)13-16-11(8-3-4-8)10(14)12(15)17-13/h5,8H,3-4H2,1-2H3. The second-order valence-electron chi connectivity index (χ2n) is 4.64. The van der Waals surface area contributed by atoms with Gasteiger partial charge in [-0.1, -0.05) is 11.6 Å². The lowest BCUT2D eigenvalue weighted by molar-refractivity contribution is 0.979. The van der Waals surface area contributed by atoms with Gasteiger partial charge in [0.05, 0.1) is 10.2 Å². The van der Waals surface area contributed by atoms with Gasteiger partial charge in [0.2, 0.25) is 0 Å². The first-order chi connectivity index (χ1) is 8.56. The summed E-state index contributed by atoms with van der Waals surface area (Å²) >= 11 is 11.5. The van der Waals surface area contributed by atoms with E-state index in [0.717, 1.165) is 21.6 Å². The molecule has 2 heterocycles. The second-order valence-corrected chi connectivity index (χ2v) is 7.25. The van der Waals surface area contributed by atoms with E-state index in [1.54, 1.807) is 11.3 Å². The van der Waals surface area contributed by atoms with Crippen LogP contribution in [0.25, 0.3) is 11.4 Å². The van der Waals surface area contributed by atoms with Crippen LogP contribution in [0.4, 0.5) is 0 Å². The van der Waals surface area contributed by atoms with Crippen molar-refractivity contribution in [3.05, 3.63) is 31.1 Å². The molecule has 0 saturated heterocycles. The minimum absolute atomic E-state index is 0.519. The van der Waals surface area contributed by atoms with Crippen molar-refractivity contribution >= 4 is 38.9 Å². The van der Waals surface area contributed by atoms with Crippen molar-refractivity contribution in [2.45, 2.75) is 32.6 Å². The maximum atomic E-state index is 6.21. The molecule has 0 unspecified atom stereocenters. The fourth-order valence-electron chi connectivity index (χ4n) is 2.04. The fourth-order valence-corrected chi connectivity index (χ4v) is 3.63. The van der Waals surface area contributed by atoms with Crippen LogP contribution in [0.3, 0.4) is 0 Å². The first-order valence-corrected chi connectivity index (χ1v) is 7.85. The van der Waals surface area contributed by atoms with Crippen molar-refractivity contribution in [3.8, 4) is 11.4 Å². The van der Waals surface area contributed by atoms with Gasteiger partial charge in [0, 0.05) is 21.2 Å². The molecule has 18 heavy (non-hydrogen) atoms. The van der Waals surface area contributed by atoms with E-state index in [9.17, 15) is 0 Å². The molecule has 1 fully saturated rings. The van der Waals surface area contributed by atoms with Crippen molar-refractivity contribution < 1.29 is 0 Å². The maximum absolute atomic E-state index is 6.21. The predicted molar refractivity (Wildman–Crippen MR) is 79.5 cm³/mol. The molecule has 94 valence electrons. The van der Waals surface area contributed by atoms with Crippen LogP contribution in [0, 0.1) is 13.8 Å². The molecule has 0 aromatic carbocycles. The van der Waals surface area contributed by atoms with Crippen molar-refractivity contribution in [3.63, 3.8) is 0 Å². The normalized spacial score (nSPS) is 15.1.